The van der Waals surface area contributed by atoms with Gasteiger partial charge in [-0.3, -0.25) is 0 Å². The summed E-state index contributed by atoms with van der Waals surface area (Å²) in [6.45, 7) is 0. The normalized spacial score (nSPS) is 17.8. The molecule has 0 spiro atoms. The lowest BCUT2D eigenvalue weighted by atomic mass is 9.76. The van der Waals surface area contributed by atoms with Crippen LogP contribution in [0.1, 0.15) is 22.6 Å². The summed E-state index contributed by atoms with van der Waals surface area (Å²) in [7, 11) is -8.85. The predicted octanol–water partition coefficient (Wildman–Crippen LogP) is 0.466. The van der Waals surface area contributed by atoms with Gasteiger partial charge < -0.3 is 0 Å². The Labute approximate surface area is 146 Å². The topological polar surface area (TPSA) is 102 Å². The monoisotopic (exact) mass is 392 g/mol. The lowest BCUT2D eigenvalue weighted by Gasteiger charge is -2.28. The van der Waals surface area contributed by atoms with E-state index < -0.39 is 51.4 Å². The van der Waals surface area contributed by atoms with Crippen molar-refractivity contribution in [2.45, 2.75) is 5.92 Å². The highest BCUT2D eigenvalue weighted by Gasteiger charge is 2.39. The van der Waals surface area contributed by atoms with E-state index in [2.05, 4.69) is 0 Å². The Bertz CT molecular complexity index is 1410. The molecule has 2 aromatic carbocycles. The molecule has 0 aliphatic heterocycles. The Morgan fingerprint density at radius 3 is 2.12 bits per heavy atom. The van der Waals surface area contributed by atoms with E-state index in [1.165, 1.54) is 6.07 Å². The van der Waals surface area contributed by atoms with E-state index in [1.807, 2.05) is 18.2 Å². The molecule has 6 nitrogen and oxygen atoms in total. The quantitative estimate of drug-likeness (QED) is 0.604. The molecule has 2 aliphatic carbocycles. The fourth-order valence-electron chi connectivity index (χ4n) is 3.49. The molecule has 1 unspecified atom stereocenters. The molecule has 0 heterocycles. The molecule has 0 saturated carbocycles. The first-order valence-electron chi connectivity index (χ1n) is 7.05. The summed E-state index contributed by atoms with van der Waals surface area (Å²) in [5.41, 5.74) is 1.54. The zero-order valence-corrected chi connectivity index (χ0v) is 14.7. The highest BCUT2D eigenvalue weighted by molar-refractivity contribution is 7.89. The Morgan fingerprint density at radius 1 is 0.760 bits per heavy atom. The summed E-state index contributed by atoms with van der Waals surface area (Å²) in [5.74, 6) is -0.841. The van der Waals surface area contributed by atoms with E-state index in [0.29, 0.717) is 5.56 Å². The van der Waals surface area contributed by atoms with E-state index in [9.17, 15) is 25.3 Å². The van der Waals surface area contributed by atoms with Crippen LogP contribution >= 0.6 is 0 Å². The van der Waals surface area contributed by atoms with Crippen molar-refractivity contribution in [1.82, 2.24) is 0 Å². The highest BCUT2D eigenvalue weighted by Crippen LogP contribution is 2.40. The summed E-state index contributed by atoms with van der Waals surface area (Å²) in [6.07, 6.45) is 3.31. The van der Waals surface area contributed by atoms with Gasteiger partial charge in [0.05, 0.1) is 0 Å². The van der Waals surface area contributed by atoms with Crippen LogP contribution in [0.2, 0.25) is 0 Å². The van der Waals surface area contributed by atoms with Gasteiger partial charge in [0, 0.05) is 11.5 Å². The van der Waals surface area contributed by atoms with Crippen molar-refractivity contribution in [2.75, 3.05) is 0 Å². The molecular weight excluding hydrogens is 384 g/mol. The van der Waals surface area contributed by atoms with Crippen LogP contribution < -0.4 is 0 Å². The Hall–Kier alpha value is -2.49. The van der Waals surface area contributed by atoms with Gasteiger partial charge in [0.1, 0.15) is 14.6 Å². The largest absolute Gasteiger partial charge is 0.224 e. The van der Waals surface area contributed by atoms with E-state index in [-0.39, 0.29) is 5.56 Å². The summed E-state index contributed by atoms with van der Waals surface area (Å²) in [6, 6.07) is 8.74. The van der Waals surface area contributed by atoms with Crippen molar-refractivity contribution in [3.63, 3.8) is 0 Å². The first-order chi connectivity index (χ1) is 11.9. The van der Waals surface area contributed by atoms with E-state index in [1.54, 1.807) is 18.2 Å². The van der Waals surface area contributed by atoms with Crippen LogP contribution in [0.4, 0.5) is 0 Å². The molecule has 9 heteroatoms. The zero-order valence-electron chi connectivity index (χ0n) is 12.3. The molecule has 0 aromatic heterocycles. The number of rotatable bonds is 0. The summed E-state index contributed by atoms with van der Waals surface area (Å²) >= 11 is 0. The first-order valence-corrected chi connectivity index (χ1v) is 10.3. The molecule has 0 radical (unpaired) electrons. The second-order valence-corrected chi connectivity index (χ2v) is 8.20. The van der Waals surface area contributed by atoms with Crippen molar-refractivity contribution in [1.29, 1.82) is 0 Å². The molecule has 0 bridgehead atoms. The van der Waals surface area contributed by atoms with Crippen LogP contribution in [0, 0.1) is 0 Å². The van der Waals surface area contributed by atoms with Gasteiger partial charge in [-0.05, 0) is 21.9 Å². The fourth-order valence-corrected chi connectivity index (χ4v) is 6.20. The minimum atomic E-state index is -3.02. The lowest BCUT2D eigenvalue weighted by Crippen LogP contribution is -2.38. The Balaban J connectivity index is 2.39. The molecule has 0 fully saturated rings. The van der Waals surface area contributed by atoms with Crippen LogP contribution in [-0.4, -0.2) is 39.8 Å². The predicted molar refractivity (Wildman–Crippen MR) is 96.6 cm³/mol. The van der Waals surface area contributed by atoms with Crippen LogP contribution in [0.25, 0.3) is 16.8 Å². The third kappa shape index (κ3) is 2.16. The Kier molecular flexibility index (Phi) is 3.53. The molecule has 0 saturated heterocycles. The summed E-state index contributed by atoms with van der Waals surface area (Å²) < 4.78 is 70.5. The minimum Gasteiger partial charge on any atom is -0.184 e. The van der Waals surface area contributed by atoms with Crippen molar-refractivity contribution >= 4 is 62.3 Å². The van der Waals surface area contributed by atoms with Gasteiger partial charge in [-0.2, -0.15) is 25.3 Å². The average molecular weight is 392 g/mol. The highest BCUT2D eigenvalue weighted by atomic mass is 32.2. The third-order valence-electron chi connectivity index (χ3n) is 4.37. The second kappa shape index (κ2) is 5.51. The molecular formula is C16H8O6S3. The standard InChI is InChI=1S/C16H8O6S3/c17-23(18)14-10-6-4-8-2-1-3-9-5-7-11(13(10)12(8)9)15(24(19)20)16(14)25(21)22/h1-7,10H. The van der Waals surface area contributed by atoms with Gasteiger partial charge in [-0.1, -0.05) is 42.5 Å². The minimum absolute atomic E-state index is 0.219. The summed E-state index contributed by atoms with van der Waals surface area (Å²) in [4.78, 5) is -1.65. The smallest absolute Gasteiger partial charge is 0.184 e. The maximum absolute atomic E-state index is 11.8. The molecule has 126 valence electrons. The maximum Gasteiger partial charge on any atom is 0.224 e. The second-order valence-electron chi connectivity index (χ2n) is 5.54. The van der Waals surface area contributed by atoms with Gasteiger partial charge in [0.25, 0.3) is 0 Å². The number of hydrogen-bond acceptors (Lipinski definition) is 6. The van der Waals surface area contributed by atoms with Crippen LogP contribution in [-0.2, 0) is 30.9 Å². The lowest BCUT2D eigenvalue weighted by molar-refractivity contribution is 0.624. The van der Waals surface area contributed by atoms with Crippen LogP contribution in [0.15, 0.2) is 36.4 Å². The molecule has 0 amide bonds. The third-order valence-corrected chi connectivity index (χ3v) is 6.96. The molecule has 25 heavy (non-hydrogen) atoms. The number of allylic oxidation sites excluding steroid dienone is 1. The molecule has 2 aliphatic rings. The van der Waals surface area contributed by atoms with Crippen molar-refractivity contribution in [3.8, 4) is 0 Å². The van der Waals surface area contributed by atoms with Gasteiger partial charge >= 0.3 is 0 Å². The average Bonchev–Trinajstić information content (AvgIpc) is 2.57. The molecule has 2 aromatic rings. The van der Waals surface area contributed by atoms with E-state index in [0.717, 1.165) is 16.3 Å². The van der Waals surface area contributed by atoms with Gasteiger partial charge in [-0.15, -0.1) is 0 Å². The van der Waals surface area contributed by atoms with E-state index >= 15 is 0 Å². The van der Waals surface area contributed by atoms with Gasteiger partial charge in [-0.25, -0.2) is 0 Å². The van der Waals surface area contributed by atoms with Crippen molar-refractivity contribution < 1.29 is 25.3 Å². The number of hydrogen-bond donors (Lipinski definition) is 0. The SMILES string of the molecule is O=S(=O)=C1C(=S(=O)=O)c2ccc3cccc4c3c2C(C=C4)C1=S(=O)=O. The van der Waals surface area contributed by atoms with Crippen molar-refractivity contribution in [3.05, 3.63) is 53.1 Å². The Morgan fingerprint density at radius 2 is 1.48 bits per heavy atom. The van der Waals surface area contributed by atoms with Crippen molar-refractivity contribution in [2.24, 2.45) is 0 Å². The molecule has 4 rings (SSSR count). The zero-order chi connectivity index (χ0) is 17.9. The maximum atomic E-state index is 11.8. The van der Waals surface area contributed by atoms with E-state index in [4.69, 9.17) is 0 Å². The first kappa shape index (κ1) is 16.0. The fraction of sp³-hybridized carbons (Fsp3) is 0.0625. The van der Waals surface area contributed by atoms with Gasteiger partial charge in [0.2, 0.25) is 30.9 Å². The number of benzene rings is 2. The summed E-state index contributed by atoms with van der Waals surface area (Å²) in [5, 5.41) is 1.55. The molecule has 0 N–H and O–H groups in total. The van der Waals surface area contributed by atoms with Gasteiger partial charge in [0.15, 0.2) is 0 Å². The van der Waals surface area contributed by atoms with Crippen LogP contribution in [0.5, 0.6) is 0 Å². The molecule has 1 atom stereocenters. The van der Waals surface area contributed by atoms with Crippen LogP contribution in [0.3, 0.4) is 0 Å².